The number of nitrogens with one attached hydrogen (secondary N) is 1. The van der Waals surface area contributed by atoms with Gasteiger partial charge in [-0.05, 0) is 43.0 Å². The van der Waals surface area contributed by atoms with Crippen LogP contribution in [0.15, 0.2) is 18.2 Å². The minimum absolute atomic E-state index is 0.0425. The summed E-state index contributed by atoms with van der Waals surface area (Å²) in [5, 5.41) is 4.06. The van der Waals surface area contributed by atoms with Gasteiger partial charge >= 0.3 is 6.03 Å². The molecule has 0 unspecified atom stereocenters. The molecule has 1 aromatic carbocycles. The van der Waals surface area contributed by atoms with E-state index >= 15 is 0 Å². The van der Waals surface area contributed by atoms with Crippen molar-refractivity contribution in [2.45, 2.75) is 19.3 Å². The lowest BCUT2D eigenvalue weighted by Gasteiger charge is -2.30. The number of halogens is 2. The van der Waals surface area contributed by atoms with Gasteiger partial charge in [-0.25, -0.2) is 4.79 Å². The second kappa shape index (κ2) is 7.70. The van der Waals surface area contributed by atoms with Gasteiger partial charge < -0.3 is 16.0 Å². The standard InChI is InChI=1S/C15H19Cl2N3O2/c16-12-6-10(7-13(17)8-12)3-4-19-14(21)11-2-1-5-20(9-11)15(18)22/h6-8,11H,1-5,9H2,(H2,18,22)(H,19,21)/t11-/m0/s1. The van der Waals surface area contributed by atoms with E-state index in [1.54, 1.807) is 6.07 Å². The summed E-state index contributed by atoms with van der Waals surface area (Å²) in [4.78, 5) is 24.8. The fourth-order valence-corrected chi connectivity index (χ4v) is 3.19. The highest BCUT2D eigenvalue weighted by Gasteiger charge is 2.27. The number of piperidine rings is 1. The molecule has 1 aliphatic rings. The molecule has 3 amide bonds. The molecule has 120 valence electrons. The molecule has 1 heterocycles. The van der Waals surface area contributed by atoms with Crippen molar-refractivity contribution in [3.05, 3.63) is 33.8 Å². The quantitative estimate of drug-likeness (QED) is 0.880. The number of amides is 3. The number of carbonyl (C=O) groups excluding carboxylic acids is 2. The fourth-order valence-electron chi connectivity index (χ4n) is 2.62. The molecule has 1 fully saturated rings. The van der Waals surface area contributed by atoms with Crippen molar-refractivity contribution in [2.75, 3.05) is 19.6 Å². The van der Waals surface area contributed by atoms with Gasteiger partial charge in [0.2, 0.25) is 5.91 Å². The van der Waals surface area contributed by atoms with Gasteiger partial charge in [0.25, 0.3) is 0 Å². The smallest absolute Gasteiger partial charge is 0.314 e. The third-order valence-corrected chi connectivity index (χ3v) is 4.18. The first-order valence-electron chi connectivity index (χ1n) is 7.23. The van der Waals surface area contributed by atoms with Crippen molar-refractivity contribution >= 4 is 35.1 Å². The number of benzene rings is 1. The molecule has 0 radical (unpaired) electrons. The Morgan fingerprint density at radius 2 is 1.95 bits per heavy atom. The molecule has 0 spiro atoms. The van der Waals surface area contributed by atoms with Gasteiger partial charge in [-0.3, -0.25) is 4.79 Å². The minimum atomic E-state index is -0.467. The second-order valence-corrected chi connectivity index (χ2v) is 6.32. The normalized spacial score (nSPS) is 18.1. The average Bonchev–Trinajstić information content (AvgIpc) is 2.46. The maximum atomic E-state index is 12.1. The zero-order valence-electron chi connectivity index (χ0n) is 12.1. The zero-order chi connectivity index (χ0) is 16.1. The van der Waals surface area contributed by atoms with Gasteiger partial charge in [0.1, 0.15) is 0 Å². The van der Waals surface area contributed by atoms with Crippen LogP contribution < -0.4 is 11.1 Å². The number of hydrogen-bond donors (Lipinski definition) is 2. The van der Waals surface area contributed by atoms with Gasteiger partial charge in [-0.15, -0.1) is 0 Å². The minimum Gasteiger partial charge on any atom is -0.355 e. The first kappa shape index (κ1) is 16.9. The van der Waals surface area contributed by atoms with Gasteiger partial charge in [0, 0.05) is 29.7 Å². The number of rotatable bonds is 4. The highest BCUT2D eigenvalue weighted by molar-refractivity contribution is 6.34. The van der Waals surface area contributed by atoms with Crippen molar-refractivity contribution in [2.24, 2.45) is 11.7 Å². The fraction of sp³-hybridized carbons (Fsp3) is 0.467. The highest BCUT2D eigenvalue weighted by atomic mass is 35.5. The SMILES string of the molecule is NC(=O)N1CCC[C@H](C(=O)NCCc2cc(Cl)cc(Cl)c2)C1. The van der Waals surface area contributed by atoms with Crippen LogP contribution in [0.25, 0.3) is 0 Å². The third kappa shape index (κ3) is 4.78. The lowest BCUT2D eigenvalue weighted by molar-refractivity contribution is -0.126. The third-order valence-electron chi connectivity index (χ3n) is 3.74. The van der Waals surface area contributed by atoms with Crippen LogP contribution in [0.5, 0.6) is 0 Å². The summed E-state index contributed by atoms with van der Waals surface area (Å²) in [7, 11) is 0. The molecular formula is C15H19Cl2N3O2. The molecule has 0 aliphatic carbocycles. The molecular weight excluding hydrogens is 325 g/mol. The number of hydrogen-bond acceptors (Lipinski definition) is 2. The molecule has 0 aromatic heterocycles. The van der Waals surface area contributed by atoms with E-state index in [0.717, 1.165) is 18.4 Å². The Balaban J connectivity index is 1.81. The van der Waals surface area contributed by atoms with Crippen LogP contribution in [0.3, 0.4) is 0 Å². The van der Waals surface area contributed by atoms with Gasteiger partial charge in [-0.2, -0.15) is 0 Å². The maximum Gasteiger partial charge on any atom is 0.314 e. The van der Waals surface area contributed by atoms with Crippen molar-refractivity contribution < 1.29 is 9.59 Å². The summed E-state index contributed by atoms with van der Waals surface area (Å²) < 4.78 is 0. The summed E-state index contributed by atoms with van der Waals surface area (Å²) in [6, 6.07) is 4.86. The summed E-state index contributed by atoms with van der Waals surface area (Å²) >= 11 is 11.9. The van der Waals surface area contributed by atoms with E-state index in [-0.39, 0.29) is 11.8 Å². The highest BCUT2D eigenvalue weighted by Crippen LogP contribution is 2.19. The van der Waals surface area contributed by atoms with Crippen LogP contribution in [0, 0.1) is 5.92 Å². The topological polar surface area (TPSA) is 75.4 Å². The first-order valence-corrected chi connectivity index (χ1v) is 7.98. The van der Waals surface area contributed by atoms with Crippen LogP contribution in [-0.2, 0) is 11.2 Å². The van der Waals surface area contributed by atoms with E-state index in [4.69, 9.17) is 28.9 Å². The Hall–Kier alpha value is -1.46. The number of primary amides is 1. The van der Waals surface area contributed by atoms with Crippen LogP contribution in [0.4, 0.5) is 4.79 Å². The molecule has 22 heavy (non-hydrogen) atoms. The van der Waals surface area contributed by atoms with Gasteiger partial charge in [-0.1, -0.05) is 23.2 Å². The number of nitrogens with two attached hydrogens (primary N) is 1. The van der Waals surface area contributed by atoms with Crippen molar-refractivity contribution in [3.8, 4) is 0 Å². The molecule has 1 aliphatic heterocycles. The van der Waals surface area contributed by atoms with Crippen molar-refractivity contribution in [1.29, 1.82) is 0 Å². The molecule has 7 heteroatoms. The zero-order valence-corrected chi connectivity index (χ0v) is 13.7. The maximum absolute atomic E-state index is 12.1. The van der Waals surface area contributed by atoms with Crippen molar-refractivity contribution in [3.63, 3.8) is 0 Å². The number of likely N-dealkylation sites (tertiary alicyclic amines) is 1. The summed E-state index contributed by atoms with van der Waals surface area (Å²) in [6.07, 6.45) is 2.22. The monoisotopic (exact) mass is 343 g/mol. The van der Waals surface area contributed by atoms with E-state index in [9.17, 15) is 9.59 Å². The number of carbonyl (C=O) groups is 2. The number of urea groups is 1. The van der Waals surface area contributed by atoms with Gasteiger partial charge in [0.05, 0.1) is 5.92 Å². The van der Waals surface area contributed by atoms with E-state index in [0.29, 0.717) is 36.1 Å². The summed E-state index contributed by atoms with van der Waals surface area (Å²) in [6.45, 7) is 1.52. The average molecular weight is 344 g/mol. The van der Waals surface area contributed by atoms with E-state index in [1.807, 2.05) is 12.1 Å². The van der Waals surface area contributed by atoms with Crippen LogP contribution >= 0.6 is 23.2 Å². The van der Waals surface area contributed by atoms with Crippen LogP contribution in [-0.4, -0.2) is 36.5 Å². The molecule has 0 saturated carbocycles. The van der Waals surface area contributed by atoms with E-state index < -0.39 is 6.03 Å². The van der Waals surface area contributed by atoms with E-state index in [1.165, 1.54) is 4.90 Å². The predicted octanol–water partition coefficient (Wildman–Crippen LogP) is 2.44. The summed E-state index contributed by atoms with van der Waals surface area (Å²) in [5.74, 6) is -0.233. The Morgan fingerprint density at radius 3 is 2.59 bits per heavy atom. The molecule has 1 atom stereocenters. The Labute approximate surface area is 139 Å². The second-order valence-electron chi connectivity index (χ2n) is 5.44. The lowest BCUT2D eigenvalue weighted by Crippen LogP contribution is -2.47. The number of nitrogens with zero attached hydrogens (tertiary/aromatic N) is 1. The first-order chi connectivity index (χ1) is 10.5. The van der Waals surface area contributed by atoms with Crippen molar-refractivity contribution in [1.82, 2.24) is 10.2 Å². The molecule has 2 rings (SSSR count). The van der Waals surface area contributed by atoms with Gasteiger partial charge in [0.15, 0.2) is 0 Å². The Kier molecular flexibility index (Phi) is 5.91. The van der Waals surface area contributed by atoms with Crippen LogP contribution in [0.2, 0.25) is 10.0 Å². The molecule has 3 N–H and O–H groups in total. The predicted molar refractivity (Wildman–Crippen MR) is 87.1 cm³/mol. The molecule has 0 bridgehead atoms. The van der Waals surface area contributed by atoms with E-state index in [2.05, 4.69) is 5.32 Å². The Morgan fingerprint density at radius 1 is 1.27 bits per heavy atom. The van der Waals surface area contributed by atoms with Crippen LogP contribution in [0.1, 0.15) is 18.4 Å². The Bertz CT molecular complexity index is 545. The molecule has 1 aromatic rings. The molecule has 1 saturated heterocycles. The summed E-state index contributed by atoms with van der Waals surface area (Å²) in [5.41, 5.74) is 6.24. The largest absolute Gasteiger partial charge is 0.355 e. The lowest BCUT2D eigenvalue weighted by atomic mass is 9.97. The molecule has 5 nitrogen and oxygen atoms in total.